The van der Waals surface area contributed by atoms with E-state index in [1.54, 1.807) is 0 Å². The van der Waals surface area contributed by atoms with E-state index in [-0.39, 0.29) is 17.6 Å². The third-order valence-corrected chi connectivity index (χ3v) is 3.14. The largest absolute Gasteiger partial charge is 0.345 e. The molecule has 0 aliphatic heterocycles. The van der Waals surface area contributed by atoms with E-state index in [9.17, 15) is 14.9 Å². The van der Waals surface area contributed by atoms with E-state index in [1.807, 2.05) is 30.3 Å². The zero-order valence-electron chi connectivity index (χ0n) is 11.4. The summed E-state index contributed by atoms with van der Waals surface area (Å²) in [5, 5.41) is 13.5. The van der Waals surface area contributed by atoms with Gasteiger partial charge < -0.3 is 5.32 Å². The van der Waals surface area contributed by atoms with Crippen LogP contribution in [-0.2, 0) is 0 Å². The third kappa shape index (κ3) is 3.66. The van der Waals surface area contributed by atoms with E-state index in [1.165, 1.54) is 24.3 Å². The molecule has 1 N–H and O–H groups in total. The van der Waals surface area contributed by atoms with Gasteiger partial charge in [-0.1, -0.05) is 37.3 Å². The zero-order chi connectivity index (χ0) is 15.2. The maximum Gasteiger partial charge on any atom is 0.269 e. The molecule has 2 aromatic rings. The number of amides is 1. The van der Waals surface area contributed by atoms with Crippen LogP contribution in [0.25, 0.3) is 0 Å². The van der Waals surface area contributed by atoms with Crippen molar-refractivity contribution in [1.82, 2.24) is 5.32 Å². The lowest BCUT2D eigenvalue weighted by molar-refractivity contribution is -0.384. The summed E-state index contributed by atoms with van der Waals surface area (Å²) in [5.41, 5.74) is 1.32. The third-order valence-electron chi connectivity index (χ3n) is 3.14. The van der Waals surface area contributed by atoms with Crippen LogP contribution in [0.5, 0.6) is 0 Å². The predicted octanol–water partition coefficient (Wildman–Crippen LogP) is 3.29. The predicted molar refractivity (Wildman–Crippen MR) is 79.7 cm³/mol. The van der Waals surface area contributed by atoms with Crippen LogP contribution in [0.4, 0.5) is 5.69 Å². The molecule has 0 spiro atoms. The summed E-state index contributed by atoms with van der Waals surface area (Å²) in [6.45, 7) is 3.84. The van der Waals surface area contributed by atoms with Gasteiger partial charge in [-0.3, -0.25) is 14.9 Å². The number of nitrogens with zero attached hydrogens (tertiary/aromatic N) is 1. The Kier molecular flexibility index (Phi) is 4.66. The summed E-state index contributed by atoms with van der Waals surface area (Å²) in [7, 11) is 0. The number of non-ortho nitro benzene ring substituents is 1. The van der Waals surface area contributed by atoms with Crippen molar-refractivity contribution >= 4 is 11.6 Å². The molecule has 0 aromatic heterocycles. The van der Waals surface area contributed by atoms with E-state index < -0.39 is 4.92 Å². The minimum atomic E-state index is -0.496. The van der Waals surface area contributed by atoms with E-state index in [0.717, 1.165) is 5.56 Å². The van der Waals surface area contributed by atoms with Crippen LogP contribution in [0.2, 0.25) is 0 Å². The van der Waals surface area contributed by atoms with Crippen LogP contribution in [0.1, 0.15) is 28.4 Å². The SMILES string of the molecule is [CH2]CC(NC(=O)c1ccc([N+](=O)[O-])cc1)c1ccccc1. The Bertz CT molecular complexity index is 624. The van der Waals surface area contributed by atoms with Crippen LogP contribution >= 0.6 is 0 Å². The quantitative estimate of drug-likeness (QED) is 0.676. The summed E-state index contributed by atoms with van der Waals surface area (Å²) in [5.74, 6) is -0.276. The summed E-state index contributed by atoms with van der Waals surface area (Å²) in [6.07, 6.45) is 0.517. The van der Waals surface area contributed by atoms with Gasteiger partial charge in [-0.15, -0.1) is 0 Å². The Labute approximate surface area is 122 Å². The van der Waals surface area contributed by atoms with Crippen molar-refractivity contribution in [1.29, 1.82) is 0 Å². The van der Waals surface area contributed by atoms with Crippen molar-refractivity contribution < 1.29 is 9.72 Å². The molecule has 0 saturated heterocycles. The number of nitro benzene ring substituents is 1. The minimum absolute atomic E-state index is 0.0386. The van der Waals surface area contributed by atoms with Crippen molar-refractivity contribution in [2.24, 2.45) is 0 Å². The molecule has 1 atom stereocenters. The van der Waals surface area contributed by atoms with E-state index >= 15 is 0 Å². The zero-order valence-corrected chi connectivity index (χ0v) is 11.4. The fourth-order valence-corrected chi connectivity index (χ4v) is 1.98. The molecule has 0 aliphatic rings. The molecule has 0 fully saturated rings. The van der Waals surface area contributed by atoms with Crippen LogP contribution in [0, 0.1) is 17.0 Å². The first-order valence-electron chi connectivity index (χ1n) is 6.51. The highest BCUT2D eigenvalue weighted by Gasteiger charge is 2.14. The molecular weight excluding hydrogens is 268 g/mol. The van der Waals surface area contributed by atoms with Crippen molar-refractivity contribution in [2.75, 3.05) is 0 Å². The first-order chi connectivity index (χ1) is 10.1. The van der Waals surface area contributed by atoms with Crippen molar-refractivity contribution in [3.8, 4) is 0 Å². The second kappa shape index (κ2) is 6.65. The maximum absolute atomic E-state index is 12.2. The second-order valence-corrected chi connectivity index (χ2v) is 4.53. The van der Waals surface area contributed by atoms with Crippen LogP contribution < -0.4 is 5.32 Å². The summed E-state index contributed by atoms with van der Waals surface area (Å²) in [4.78, 5) is 22.3. The fraction of sp³-hybridized carbons (Fsp3) is 0.125. The van der Waals surface area contributed by atoms with Gasteiger partial charge >= 0.3 is 0 Å². The molecule has 0 aliphatic carbocycles. The Balaban J connectivity index is 2.11. The van der Waals surface area contributed by atoms with Gasteiger partial charge in [0.25, 0.3) is 11.6 Å². The lowest BCUT2D eigenvalue weighted by Crippen LogP contribution is -2.28. The van der Waals surface area contributed by atoms with Gasteiger partial charge in [-0.05, 0) is 24.1 Å². The van der Waals surface area contributed by atoms with Gasteiger partial charge in [0.15, 0.2) is 0 Å². The summed E-state index contributed by atoms with van der Waals surface area (Å²) < 4.78 is 0. The van der Waals surface area contributed by atoms with Gasteiger partial charge in [0.2, 0.25) is 0 Å². The number of rotatable bonds is 5. The van der Waals surface area contributed by atoms with Gasteiger partial charge in [0.1, 0.15) is 0 Å². The molecule has 5 nitrogen and oxygen atoms in total. The molecule has 1 amide bonds. The lowest BCUT2D eigenvalue weighted by atomic mass is 10.0. The fourth-order valence-electron chi connectivity index (χ4n) is 1.98. The maximum atomic E-state index is 12.2. The molecule has 107 valence electrons. The highest BCUT2D eigenvalue weighted by molar-refractivity contribution is 5.94. The van der Waals surface area contributed by atoms with E-state index in [4.69, 9.17) is 0 Å². The minimum Gasteiger partial charge on any atom is -0.345 e. The molecule has 0 saturated carbocycles. The molecule has 1 unspecified atom stereocenters. The number of hydrogen-bond acceptors (Lipinski definition) is 3. The second-order valence-electron chi connectivity index (χ2n) is 4.53. The van der Waals surface area contributed by atoms with Crippen LogP contribution in [-0.4, -0.2) is 10.8 Å². The van der Waals surface area contributed by atoms with Crippen molar-refractivity contribution in [3.05, 3.63) is 82.8 Å². The number of hydrogen-bond donors (Lipinski definition) is 1. The number of nitro groups is 1. The Morgan fingerprint density at radius 1 is 1.14 bits per heavy atom. The highest BCUT2D eigenvalue weighted by atomic mass is 16.6. The summed E-state index contributed by atoms with van der Waals surface area (Å²) >= 11 is 0. The monoisotopic (exact) mass is 283 g/mol. The summed E-state index contributed by atoms with van der Waals surface area (Å²) in [6, 6.07) is 14.9. The van der Waals surface area contributed by atoms with Gasteiger partial charge in [0.05, 0.1) is 11.0 Å². The molecule has 1 radical (unpaired) electrons. The lowest BCUT2D eigenvalue weighted by Gasteiger charge is -2.17. The molecule has 2 aromatic carbocycles. The van der Waals surface area contributed by atoms with E-state index in [2.05, 4.69) is 12.2 Å². The highest BCUT2D eigenvalue weighted by Crippen LogP contribution is 2.17. The Morgan fingerprint density at radius 2 is 1.76 bits per heavy atom. The molecule has 0 heterocycles. The number of benzene rings is 2. The van der Waals surface area contributed by atoms with Crippen molar-refractivity contribution in [2.45, 2.75) is 12.5 Å². The average molecular weight is 283 g/mol. The first-order valence-corrected chi connectivity index (χ1v) is 6.51. The smallest absolute Gasteiger partial charge is 0.269 e. The van der Waals surface area contributed by atoms with Crippen LogP contribution in [0.3, 0.4) is 0 Å². The number of carbonyl (C=O) groups is 1. The Hall–Kier alpha value is -2.69. The van der Waals surface area contributed by atoms with Crippen LogP contribution in [0.15, 0.2) is 54.6 Å². The first kappa shape index (κ1) is 14.7. The van der Waals surface area contributed by atoms with Gasteiger partial charge in [-0.25, -0.2) is 0 Å². The topological polar surface area (TPSA) is 72.2 Å². The standard InChI is InChI=1S/C16H15N2O3/c1-2-15(12-6-4-3-5-7-12)17-16(19)13-8-10-14(11-9-13)18(20)21/h3-11,15H,1-2H2,(H,17,19). The molecular formula is C16H15N2O3. The molecule has 5 heteroatoms. The van der Waals surface area contributed by atoms with Gasteiger partial charge in [0, 0.05) is 17.7 Å². The Morgan fingerprint density at radius 3 is 2.29 bits per heavy atom. The molecule has 2 rings (SSSR count). The van der Waals surface area contributed by atoms with Gasteiger partial charge in [-0.2, -0.15) is 0 Å². The molecule has 21 heavy (non-hydrogen) atoms. The number of nitrogens with one attached hydrogen (secondary N) is 1. The average Bonchev–Trinajstić information content (AvgIpc) is 2.53. The molecule has 0 bridgehead atoms. The van der Waals surface area contributed by atoms with Crippen molar-refractivity contribution in [3.63, 3.8) is 0 Å². The van der Waals surface area contributed by atoms with E-state index in [0.29, 0.717) is 12.0 Å². The normalized spacial score (nSPS) is 11.7. The number of carbonyl (C=O) groups excluding carboxylic acids is 1.